The topological polar surface area (TPSA) is 55.1 Å². The minimum Gasteiger partial charge on any atom is -0.352 e. The van der Waals surface area contributed by atoms with Crippen molar-refractivity contribution >= 4 is 5.91 Å². The fourth-order valence-corrected chi connectivity index (χ4v) is 2.33. The SMILES string of the molecule is NC1CCC(CNC(=O)c2ccc(F)c(F)c2F)C1. The Kier molecular flexibility index (Phi) is 4.09. The van der Waals surface area contributed by atoms with Crippen molar-refractivity contribution in [2.75, 3.05) is 6.54 Å². The second-order valence-corrected chi connectivity index (χ2v) is 4.87. The van der Waals surface area contributed by atoms with Gasteiger partial charge in [0.15, 0.2) is 17.5 Å². The summed E-state index contributed by atoms with van der Waals surface area (Å²) < 4.78 is 39.1. The molecule has 0 heterocycles. The highest BCUT2D eigenvalue weighted by Crippen LogP contribution is 2.23. The molecule has 3 nitrogen and oxygen atoms in total. The Balaban J connectivity index is 1.98. The molecule has 1 saturated carbocycles. The molecular weight excluding hydrogens is 257 g/mol. The van der Waals surface area contributed by atoms with E-state index in [9.17, 15) is 18.0 Å². The third-order valence-electron chi connectivity index (χ3n) is 3.41. The summed E-state index contributed by atoms with van der Waals surface area (Å²) >= 11 is 0. The highest BCUT2D eigenvalue weighted by Gasteiger charge is 2.23. The second kappa shape index (κ2) is 5.61. The zero-order valence-electron chi connectivity index (χ0n) is 10.3. The molecule has 0 bridgehead atoms. The van der Waals surface area contributed by atoms with Crippen LogP contribution in [-0.2, 0) is 0 Å². The van der Waals surface area contributed by atoms with Gasteiger partial charge in [0.05, 0.1) is 5.56 Å². The number of carbonyl (C=O) groups excluding carboxylic acids is 1. The van der Waals surface area contributed by atoms with Crippen LogP contribution in [0.5, 0.6) is 0 Å². The van der Waals surface area contributed by atoms with Crippen LogP contribution in [0.1, 0.15) is 29.6 Å². The predicted molar refractivity (Wildman–Crippen MR) is 64.0 cm³/mol. The first-order chi connectivity index (χ1) is 8.99. The number of hydrogen-bond acceptors (Lipinski definition) is 2. The molecule has 1 fully saturated rings. The van der Waals surface area contributed by atoms with Gasteiger partial charge in [0.2, 0.25) is 0 Å². The lowest BCUT2D eigenvalue weighted by Crippen LogP contribution is -2.30. The van der Waals surface area contributed by atoms with Crippen LogP contribution >= 0.6 is 0 Å². The van der Waals surface area contributed by atoms with Crippen LogP contribution in [0.25, 0.3) is 0 Å². The van der Waals surface area contributed by atoms with Crippen LogP contribution in [0.3, 0.4) is 0 Å². The maximum absolute atomic E-state index is 13.4. The normalized spacial score (nSPS) is 22.5. The van der Waals surface area contributed by atoms with Gasteiger partial charge in [-0.25, -0.2) is 13.2 Å². The van der Waals surface area contributed by atoms with E-state index in [2.05, 4.69) is 5.32 Å². The van der Waals surface area contributed by atoms with Gasteiger partial charge in [-0.2, -0.15) is 0 Å². The van der Waals surface area contributed by atoms with Crippen molar-refractivity contribution in [3.63, 3.8) is 0 Å². The molecule has 1 aliphatic carbocycles. The van der Waals surface area contributed by atoms with Crippen molar-refractivity contribution in [1.29, 1.82) is 0 Å². The van der Waals surface area contributed by atoms with Gasteiger partial charge in [-0.05, 0) is 37.3 Å². The maximum atomic E-state index is 13.4. The number of halogens is 3. The van der Waals surface area contributed by atoms with Crippen LogP contribution in [0, 0.1) is 23.4 Å². The third-order valence-corrected chi connectivity index (χ3v) is 3.41. The molecular formula is C13H15F3N2O. The highest BCUT2D eigenvalue weighted by molar-refractivity contribution is 5.94. The number of carbonyl (C=O) groups is 1. The summed E-state index contributed by atoms with van der Waals surface area (Å²) in [6.45, 7) is 0.366. The number of nitrogens with one attached hydrogen (secondary N) is 1. The van der Waals surface area contributed by atoms with E-state index < -0.39 is 28.9 Å². The highest BCUT2D eigenvalue weighted by atomic mass is 19.2. The molecule has 3 N–H and O–H groups in total. The number of benzene rings is 1. The molecule has 0 radical (unpaired) electrons. The van der Waals surface area contributed by atoms with Gasteiger partial charge in [-0.3, -0.25) is 4.79 Å². The minimum absolute atomic E-state index is 0.141. The molecule has 0 spiro atoms. The monoisotopic (exact) mass is 272 g/mol. The quantitative estimate of drug-likeness (QED) is 0.826. The molecule has 0 saturated heterocycles. The molecule has 1 aromatic carbocycles. The summed E-state index contributed by atoms with van der Waals surface area (Å²) in [6.07, 6.45) is 2.61. The van der Waals surface area contributed by atoms with E-state index in [1.807, 2.05) is 0 Å². The van der Waals surface area contributed by atoms with Gasteiger partial charge in [0.25, 0.3) is 5.91 Å². The van der Waals surface area contributed by atoms with E-state index in [0.717, 1.165) is 31.4 Å². The summed E-state index contributed by atoms with van der Waals surface area (Å²) in [7, 11) is 0. The Hall–Kier alpha value is -1.56. The van der Waals surface area contributed by atoms with Gasteiger partial charge in [0, 0.05) is 12.6 Å². The van der Waals surface area contributed by atoms with Crippen molar-refractivity contribution in [2.45, 2.75) is 25.3 Å². The molecule has 2 atom stereocenters. The Morgan fingerprint density at radius 2 is 2.00 bits per heavy atom. The van der Waals surface area contributed by atoms with E-state index in [1.165, 1.54) is 0 Å². The van der Waals surface area contributed by atoms with Gasteiger partial charge < -0.3 is 11.1 Å². The van der Waals surface area contributed by atoms with Crippen LogP contribution in [0.15, 0.2) is 12.1 Å². The first kappa shape index (κ1) is 13.9. The first-order valence-corrected chi connectivity index (χ1v) is 6.16. The second-order valence-electron chi connectivity index (χ2n) is 4.87. The lowest BCUT2D eigenvalue weighted by Gasteiger charge is -2.11. The molecule has 1 aliphatic rings. The van der Waals surface area contributed by atoms with E-state index in [-0.39, 0.29) is 12.0 Å². The zero-order valence-corrected chi connectivity index (χ0v) is 10.3. The molecule has 2 unspecified atom stereocenters. The molecule has 0 aromatic heterocycles. The van der Waals surface area contributed by atoms with E-state index in [4.69, 9.17) is 5.73 Å². The smallest absolute Gasteiger partial charge is 0.254 e. The van der Waals surface area contributed by atoms with Crippen LogP contribution in [0.4, 0.5) is 13.2 Å². The summed E-state index contributed by atoms with van der Waals surface area (Å²) in [5.74, 6) is -4.88. The van der Waals surface area contributed by atoms with Crippen molar-refractivity contribution < 1.29 is 18.0 Å². The van der Waals surface area contributed by atoms with Crippen molar-refractivity contribution in [1.82, 2.24) is 5.32 Å². The fourth-order valence-electron chi connectivity index (χ4n) is 2.33. The molecule has 2 rings (SSSR count). The molecule has 0 aliphatic heterocycles. The average Bonchev–Trinajstić information content (AvgIpc) is 2.79. The summed E-state index contributed by atoms with van der Waals surface area (Å²) in [5, 5.41) is 2.53. The van der Waals surface area contributed by atoms with Crippen LogP contribution in [0.2, 0.25) is 0 Å². The van der Waals surface area contributed by atoms with E-state index in [1.54, 1.807) is 0 Å². The van der Waals surface area contributed by atoms with Crippen LogP contribution in [-0.4, -0.2) is 18.5 Å². The minimum atomic E-state index is -1.63. The van der Waals surface area contributed by atoms with Gasteiger partial charge >= 0.3 is 0 Å². The lowest BCUT2D eigenvalue weighted by atomic mass is 10.1. The average molecular weight is 272 g/mol. The van der Waals surface area contributed by atoms with Crippen molar-refractivity contribution in [2.24, 2.45) is 11.7 Å². The number of hydrogen-bond donors (Lipinski definition) is 2. The van der Waals surface area contributed by atoms with Crippen molar-refractivity contribution in [3.05, 3.63) is 35.1 Å². The fraction of sp³-hybridized carbons (Fsp3) is 0.462. The number of nitrogens with two attached hydrogens (primary N) is 1. The summed E-state index contributed by atoms with van der Waals surface area (Å²) in [6, 6.07) is 1.81. The van der Waals surface area contributed by atoms with Crippen molar-refractivity contribution in [3.8, 4) is 0 Å². The summed E-state index contributed by atoms with van der Waals surface area (Å²) in [4.78, 5) is 11.7. The molecule has 1 amide bonds. The van der Waals surface area contributed by atoms with E-state index in [0.29, 0.717) is 6.54 Å². The third kappa shape index (κ3) is 3.07. The maximum Gasteiger partial charge on any atom is 0.254 e. The first-order valence-electron chi connectivity index (χ1n) is 6.16. The largest absolute Gasteiger partial charge is 0.352 e. The van der Waals surface area contributed by atoms with Crippen LogP contribution < -0.4 is 11.1 Å². The van der Waals surface area contributed by atoms with Gasteiger partial charge in [-0.1, -0.05) is 0 Å². The standard InChI is InChI=1S/C13H15F3N2O/c14-10-4-3-9(11(15)12(10)16)13(19)18-6-7-1-2-8(17)5-7/h3-4,7-8H,1-2,5-6,17H2,(H,18,19). The Morgan fingerprint density at radius 1 is 1.26 bits per heavy atom. The number of rotatable bonds is 3. The van der Waals surface area contributed by atoms with Gasteiger partial charge in [0.1, 0.15) is 0 Å². The Bertz CT molecular complexity index is 493. The molecule has 19 heavy (non-hydrogen) atoms. The van der Waals surface area contributed by atoms with E-state index >= 15 is 0 Å². The molecule has 104 valence electrons. The molecule has 6 heteroatoms. The van der Waals surface area contributed by atoms with Gasteiger partial charge in [-0.15, -0.1) is 0 Å². The molecule has 1 aromatic rings. The number of amides is 1. The lowest BCUT2D eigenvalue weighted by molar-refractivity contribution is 0.0942. The zero-order chi connectivity index (χ0) is 14.0. The predicted octanol–water partition coefficient (Wildman–Crippen LogP) is 1.96. The Morgan fingerprint density at radius 3 is 2.63 bits per heavy atom. The summed E-state index contributed by atoms with van der Waals surface area (Å²) in [5.41, 5.74) is 5.25. The Labute approximate surface area is 109 Å².